The van der Waals surface area contributed by atoms with E-state index in [9.17, 15) is 4.79 Å². The molecule has 0 saturated heterocycles. The van der Waals surface area contributed by atoms with Gasteiger partial charge in [0.1, 0.15) is 0 Å². The van der Waals surface area contributed by atoms with Gasteiger partial charge in [0, 0.05) is 27.6 Å². The minimum atomic E-state index is -1.08. The maximum absolute atomic E-state index is 10.9. The lowest BCUT2D eigenvalue weighted by Crippen LogP contribution is -2.17. The SMILES string of the molecule is COc1cc([C@H]2Nc3ccccc3-c3nnc(SCc4ccccc4Cl)nc3O2)ccc1OCC(=O)O. The minimum Gasteiger partial charge on any atom is -0.493 e. The molecule has 37 heavy (non-hydrogen) atoms. The molecule has 188 valence electrons. The van der Waals surface area contributed by atoms with Crippen LogP contribution in [0.25, 0.3) is 11.3 Å². The van der Waals surface area contributed by atoms with Crippen molar-refractivity contribution in [2.45, 2.75) is 17.1 Å². The number of thioether (sulfide) groups is 1. The number of nitrogens with one attached hydrogen (secondary N) is 1. The average Bonchev–Trinajstić information content (AvgIpc) is 3.08. The number of anilines is 1. The highest BCUT2D eigenvalue weighted by Gasteiger charge is 2.27. The Bertz CT molecular complexity index is 1450. The quantitative estimate of drug-likeness (QED) is 0.281. The number of aliphatic carboxylic acids is 1. The van der Waals surface area contributed by atoms with Crippen LogP contribution in [-0.2, 0) is 10.5 Å². The molecule has 0 radical (unpaired) electrons. The van der Waals surface area contributed by atoms with E-state index >= 15 is 0 Å². The van der Waals surface area contributed by atoms with Crippen molar-refractivity contribution in [1.29, 1.82) is 0 Å². The number of halogens is 1. The summed E-state index contributed by atoms with van der Waals surface area (Å²) >= 11 is 7.70. The van der Waals surface area contributed by atoms with Gasteiger partial charge in [0.25, 0.3) is 0 Å². The normalized spacial score (nSPS) is 13.8. The van der Waals surface area contributed by atoms with E-state index in [0.29, 0.717) is 44.6 Å². The van der Waals surface area contributed by atoms with Crippen LogP contribution in [-0.4, -0.2) is 40.0 Å². The third-order valence-electron chi connectivity index (χ3n) is 5.49. The molecule has 4 aromatic rings. The molecule has 1 aromatic heterocycles. The van der Waals surface area contributed by atoms with Crippen LogP contribution in [0.4, 0.5) is 5.69 Å². The number of benzene rings is 3. The second-order valence-corrected chi connectivity index (χ2v) is 9.26. The lowest BCUT2D eigenvalue weighted by atomic mass is 10.1. The standard InChI is InChI=1S/C26H21ClN4O5S/c1-34-21-12-15(10-11-20(21)35-13-22(32)33)24-28-19-9-5-3-7-17(19)23-25(36-24)29-26(31-30-23)37-14-16-6-2-4-8-18(16)27/h2-12,24,28H,13-14H2,1H3,(H,32,33)/t24-/m0/s1. The van der Waals surface area contributed by atoms with Gasteiger partial charge >= 0.3 is 5.97 Å². The van der Waals surface area contributed by atoms with Gasteiger partial charge < -0.3 is 24.6 Å². The smallest absolute Gasteiger partial charge is 0.341 e. The van der Waals surface area contributed by atoms with Gasteiger partial charge in [0.05, 0.1) is 7.11 Å². The van der Waals surface area contributed by atoms with Crippen LogP contribution in [0.2, 0.25) is 5.02 Å². The molecule has 1 aliphatic heterocycles. The lowest BCUT2D eigenvalue weighted by Gasteiger charge is -2.20. The number of fused-ring (bicyclic) bond motifs is 3. The molecule has 0 amide bonds. The average molecular weight is 537 g/mol. The number of nitrogens with zero attached hydrogens (tertiary/aromatic N) is 3. The maximum atomic E-state index is 10.9. The molecule has 0 aliphatic carbocycles. The van der Waals surface area contributed by atoms with Crippen molar-refractivity contribution in [2.24, 2.45) is 0 Å². The van der Waals surface area contributed by atoms with E-state index in [1.807, 2.05) is 48.5 Å². The Morgan fingerprint density at radius 3 is 2.73 bits per heavy atom. The largest absolute Gasteiger partial charge is 0.493 e. The van der Waals surface area contributed by atoms with E-state index < -0.39 is 18.8 Å². The lowest BCUT2D eigenvalue weighted by molar-refractivity contribution is -0.139. The number of ether oxygens (including phenoxy) is 3. The van der Waals surface area contributed by atoms with Gasteiger partial charge in [0.2, 0.25) is 11.0 Å². The molecule has 0 fully saturated rings. The second kappa shape index (κ2) is 10.9. The zero-order valence-corrected chi connectivity index (χ0v) is 21.1. The van der Waals surface area contributed by atoms with E-state index in [-0.39, 0.29) is 0 Å². The Balaban J connectivity index is 1.46. The van der Waals surface area contributed by atoms with Gasteiger partial charge in [0.15, 0.2) is 30.0 Å². The minimum absolute atomic E-state index is 0.310. The first kappa shape index (κ1) is 24.7. The molecule has 2 N–H and O–H groups in total. The molecule has 0 bridgehead atoms. The van der Waals surface area contributed by atoms with E-state index in [4.69, 9.17) is 30.9 Å². The summed E-state index contributed by atoms with van der Waals surface area (Å²) in [5.74, 6) is 0.504. The van der Waals surface area contributed by atoms with Gasteiger partial charge in [-0.1, -0.05) is 59.8 Å². The van der Waals surface area contributed by atoms with Gasteiger partial charge in [-0.3, -0.25) is 0 Å². The molecule has 3 aromatic carbocycles. The van der Waals surface area contributed by atoms with Gasteiger partial charge in [-0.05, 0) is 35.9 Å². The van der Waals surface area contributed by atoms with E-state index in [1.165, 1.54) is 18.9 Å². The summed E-state index contributed by atoms with van der Waals surface area (Å²) in [6.07, 6.45) is -0.650. The number of carboxylic acid groups (broad SMARTS) is 1. The zero-order chi connectivity index (χ0) is 25.8. The highest BCUT2D eigenvalue weighted by Crippen LogP contribution is 2.41. The predicted molar refractivity (Wildman–Crippen MR) is 139 cm³/mol. The number of hydrogen-bond donors (Lipinski definition) is 2. The zero-order valence-electron chi connectivity index (χ0n) is 19.6. The molecule has 1 aliphatic rings. The molecule has 1 atom stereocenters. The van der Waals surface area contributed by atoms with Gasteiger partial charge in [-0.2, -0.15) is 4.98 Å². The van der Waals surface area contributed by atoms with E-state index in [0.717, 1.165) is 16.8 Å². The van der Waals surface area contributed by atoms with Gasteiger partial charge in [-0.25, -0.2) is 4.79 Å². The van der Waals surface area contributed by atoms with Crippen molar-refractivity contribution in [3.8, 4) is 28.6 Å². The van der Waals surface area contributed by atoms with Crippen molar-refractivity contribution in [1.82, 2.24) is 15.2 Å². The first-order valence-electron chi connectivity index (χ1n) is 11.2. The van der Waals surface area contributed by atoms with Crippen LogP contribution in [0.1, 0.15) is 17.4 Å². The Kier molecular flexibility index (Phi) is 7.29. The molecule has 2 heterocycles. The third-order valence-corrected chi connectivity index (χ3v) is 6.74. The summed E-state index contributed by atoms with van der Waals surface area (Å²) in [6, 6.07) is 20.4. The van der Waals surface area contributed by atoms with Crippen molar-refractivity contribution < 1.29 is 24.1 Å². The van der Waals surface area contributed by atoms with Crippen LogP contribution in [0.15, 0.2) is 71.9 Å². The topological polar surface area (TPSA) is 116 Å². The number of para-hydroxylation sites is 1. The highest BCUT2D eigenvalue weighted by atomic mass is 35.5. The fourth-order valence-electron chi connectivity index (χ4n) is 3.72. The summed E-state index contributed by atoms with van der Waals surface area (Å²) in [5.41, 5.74) is 3.79. The monoisotopic (exact) mass is 536 g/mol. The molecular formula is C26H21ClN4O5S. The summed E-state index contributed by atoms with van der Waals surface area (Å²) in [6.45, 7) is -0.480. The van der Waals surface area contributed by atoms with Crippen LogP contribution >= 0.6 is 23.4 Å². The molecular weight excluding hydrogens is 516 g/mol. The summed E-state index contributed by atoms with van der Waals surface area (Å²) < 4.78 is 17.1. The van der Waals surface area contributed by atoms with E-state index in [1.54, 1.807) is 18.2 Å². The summed E-state index contributed by atoms with van der Waals surface area (Å²) in [4.78, 5) is 15.6. The van der Waals surface area contributed by atoms with Crippen molar-refractivity contribution in [3.63, 3.8) is 0 Å². The number of rotatable bonds is 8. The first-order chi connectivity index (χ1) is 18.0. The number of hydrogen-bond acceptors (Lipinski definition) is 9. The Labute approximate surface area is 221 Å². The van der Waals surface area contributed by atoms with E-state index in [2.05, 4.69) is 20.5 Å². The maximum Gasteiger partial charge on any atom is 0.341 e. The van der Waals surface area contributed by atoms with Crippen LogP contribution in [0.5, 0.6) is 17.4 Å². The molecule has 0 unspecified atom stereocenters. The predicted octanol–water partition coefficient (Wildman–Crippen LogP) is 5.46. The summed E-state index contributed by atoms with van der Waals surface area (Å²) in [7, 11) is 1.48. The molecule has 11 heteroatoms. The number of carbonyl (C=O) groups is 1. The number of aromatic nitrogens is 3. The van der Waals surface area contributed by atoms with Crippen LogP contribution in [0.3, 0.4) is 0 Å². The number of carboxylic acids is 1. The number of methoxy groups -OCH3 is 1. The third kappa shape index (κ3) is 5.55. The van der Waals surface area contributed by atoms with Crippen molar-refractivity contribution in [3.05, 3.63) is 82.9 Å². The second-order valence-electron chi connectivity index (χ2n) is 7.91. The van der Waals surface area contributed by atoms with Crippen LogP contribution in [0, 0.1) is 0 Å². The Morgan fingerprint density at radius 1 is 1.11 bits per heavy atom. The molecule has 5 rings (SSSR count). The molecule has 9 nitrogen and oxygen atoms in total. The fourth-order valence-corrected chi connectivity index (χ4v) is 4.79. The fraction of sp³-hybridized carbons (Fsp3) is 0.154. The molecule has 0 spiro atoms. The van der Waals surface area contributed by atoms with Crippen LogP contribution < -0.4 is 19.5 Å². The van der Waals surface area contributed by atoms with Gasteiger partial charge in [-0.15, -0.1) is 10.2 Å². The summed E-state index contributed by atoms with van der Waals surface area (Å²) in [5, 5.41) is 22.2. The first-order valence-corrected chi connectivity index (χ1v) is 12.5. The van der Waals surface area contributed by atoms with Crippen molar-refractivity contribution in [2.75, 3.05) is 19.0 Å². The van der Waals surface area contributed by atoms with Crippen molar-refractivity contribution >= 4 is 35.0 Å². The Morgan fingerprint density at radius 2 is 1.92 bits per heavy atom. The molecule has 0 saturated carbocycles. The Hall–Kier alpha value is -4.02. The highest BCUT2D eigenvalue weighted by molar-refractivity contribution is 7.98.